The Kier molecular flexibility index (Phi) is 4.95. The lowest BCUT2D eigenvalue weighted by Gasteiger charge is -2.12. The Balaban J connectivity index is 1.58. The molecule has 0 aliphatic heterocycles. The van der Waals surface area contributed by atoms with Crippen LogP contribution in [-0.2, 0) is 9.84 Å². The Morgan fingerprint density at radius 2 is 1.50 bits per heavy atom. The van der Waals surface area contributed by atoms with Gasteiger partial charge in [0.1, 0.15) is 11.3 Å². The quantitative estimate of drug-likeness (QED) is 0.405. The first kappa shape index (κ1) is 20.0. The summed E-state index contributed by atoms with van der Waals surface area (Å²) in [6.45, 7) is 0. The minimum absolute atomic E-state index is 0.280. The fourth-order valence-corrected chi connectivity index (χ4v) is 4.25. The van der Waals surface area contributed by atoms with Crippen LogP contribution in [0.2, 0.25) is 0 Å². The van der Waals surface area contributed by atoms with Crippen molar-refractivity contribution in [1.29, 1.82) is 0 Å². The van der Waals surface area contributed by atoms with Gasteiger partial charge in [-0.1, -0.05) is 18.2 Å². The van der Waals surface area contributed by atoms with Crippen LogP contribution in [0.1, 0.15) is 0 Å². The van der Waals surface area contributed by atoms with Gasteiger partial charge in [0, 0.05) is 35.1 Å². The van der Waals surface area contributed by atoms with Gasteiger partial charge in [0.2, 0.25) is 0 Å². The predicted octanol–water partition coefficient (Wildman–Crippen LogP) is 5.23. The maximum absolute atomic E-state index is 11.8. The van der Waals surface area contributed by atoms with Gasteiger partial charge >= 0.3 is 0 Å². The summed E-state index contributed by atoms with van der Waals surface area (Å²) < 4.78 is 25.7. The molecule has 0 amide bonds. The number of sulfone groups is 1. The van der Waals surface area contributed by atoms with Gasteiger partial charge in [-0.2, -0.15) is 0 Å². The number of aromatic nitrogens is 3. The predicted molar refractivity (Wildman–Crippen MR) is 127 cm³/mol. The van der Waals surface area contributed by atoms with Crippen LogP contribution in [0.3, 0.4) is 0 Å². The van der Waals surface area contributed by atoms with E-state index < -0.39 is 9.84 Å². The van der Waals surface area contributed by atoms with E-state index in [1.807, 2.05) is 60.7 Å². The van der Waals surface area contributed by atoms with Crippen molar-refractivity contribution in [2.75, 3.05) is 11.6 Å². The molecule has 7 heteroatoms. The molecule has 2 aromatic heterocycles. The van der Waals surface area contributed by atoms with E-state index in [-0.39, 0.29) is 4.90 Å². The van der Waals surface area contributed by atoms with E-state index in [0.717, 1.165) is 39.5 Å². The summed E-state index contributed by atoms with van der Waals surface area (Å²) in [5, 5.41) is 3.39. The van der Waals surface area contributed by atoms with Crippen molar-refractivity contribution < 1.29 is 8.42 Å². The highest BCUT2D eigenvalue weighted by molar-refractivity contribution is 7.90. The topological polar surface area (TPSA) is 76.9 Å². The van der Waals surface area contributed by atoms with Crippen LogP contribution < -0.4 is 5.32 Å². The van der Waals surface area contributed by atoms with Crippen molar-refractivity contribution in [2.45, 2.75) is 4.90 Å². The van der Waals surface area contributed by atoms with Crippen molar-refractivity contribution in [3.63, 3.8) is 0 Å². The highest BCUT2D eigenvalue weighted by Crippen LogP contribution is 2.30. The van der Waals surface area contributed by atoms with Crippen LogP contribution >= 0.6 is 0 Å². The van der Waals surface area contributed by atoms with Gasteiger partial charge in [0.25, 0.3) is 0 Å². The number of para-hydroxylation sites is 1. The highest BCUT2D eigenvalue weighted by Gasteiger charge is 2.15. The number of benzene rings is 3. The summed E-state index contributed by atoms with van der Waals surface area (Å²) >= 11 is 0. The lowest BCUT2D eigenvalue weighted by molar-refractivity contribution is 0.602. The molecule has 0 fully saturated rings. The van der Waals surface area contributed by atoms with Crippen molar-refractivity contribution in [3.05, 3.63) is 97.3 Å². The van der Waals surface area contributed by atoms with Crippen LogP contribution in [0, 0.1) is 0 Å². The molecule has 0 unspecified atom stereocenters. The number of hydrogen-bond donors (Lipinski definition) is 1. The van der Waals surface area contributed by atoms with Crippen LogP contribution in [-0.4, -0.2) is 29.2 Å². The fourth-order valence-electron chi connectivity index (χ4n) is 3.62. The second-order valence-electron chi connectivity index (χ2n) is 7.47. The average molecular weight is 441 g/mol. The zero-order valence-electron chi connectivity index (χ0n) is 17.3. The van der Waals surface area contributed by atoms with E-state index in [4.69, 9.17) is 4.98 Å². The molecule has 1 N–H and O–H groups in total. The van der Waals surface area contributed by atoms with Gasteiger partial charge in [0.15, 0.2) is 9.84 Å². The van der Waals surface area contributed by atoms with Gasteiger partial charge in [-0.25, -0.2) is 13.4 Å². The summed E-state index contributed by atoms with van der Waals surface area (Å²) in [6.07, 6.45) is 4.67. The molecule has 5 aromatic rings. The third-order valence-corrected chi connectivity index (χ3v) is 6.31. The number of hydrogen-bond acceptors (Lipinski definition) is 5. The zero-order valence-corrected chi connectivity index (χ0v) is 18.1. The molecule has 32 heavy (non-hydrogen) atoms. The third kappa shape index (κ3) is 3.86. The first-order valence-electron chi connectivity index (χ1n) is 10.0. The lowest BCUT2D eigenvalue weighted by atomic mass is 10.2. The Morgan fingerprint density at radius 3 is 2.19 bits per heavy atom. The molecule has 0 aliphatic rings. The Labute approximate surface area is 186 Å². The number of nitrogens with one attached hydrogen (secondary N) is 1. The molecule has 0 aliphatic carbocycles. The maximum atomic E-state index is 11.8. The molecule has 3 aromatic carbocycles. The standard InChI is InChI=1S/C25H20N4O2S/c1-32(30,31)22-13-7-18(8-14-22)25-28-23-17-26-16-15-24(23)29(25)21-11-9-20(10-12-21)27-19-5-3-2-4-6-19/h2-17,27H,1H3. The smallest absolute Gasteiger partial charge is 0.175 e. The van der Waals surface area contributed by atoms with E-state index in [1.165, 1.54) is 6.26 Å². The first-order chi connectivity index (χ1) is 15.5. The Bertz CT molecular complexity index is 1490. The van der Waals surface area contributed by atoms with Gasteiger partial charge < -0.3 is 5.32 Å². The molecule has 2 heterocycles. The van der Waals surface area contributed by atoms with E-state index in [1.54, 1.807) is 36.7 Å². The van der Waals surface area contributed by atoms with Crippen LogP contribution in [0.5, 0.6) is 0 Å². The molecule has 0 spiro atoms. The number of fused-ring (bicyclic) bond motifs is 1. The van der Waals surface area contributed by atoms with Crippen molar-refractivity contribution in [1.82, 2.24) is 14.5 Å². The fraction of sp³-hybridized carbons (Fsp3) is 0.0400. The average Bonchev–Trinajstić information content (AvgIpc) is 3.19. The molecule has 5 rings (SSSR count). The number of nitrogens with zero attached hydrogens (tertiary/aromatic N) is 3. The molecule has 0 saturated carbocycles. The molecule has 0 atom stereocenters. The molecular weight excluding hydrogens is 420 g/mol. The SMILES string of the molecule is CS(=O)(=O)c1ccc(-c2nc3cnccc3n2-c2ccc(Nc3ccccc3)cc2)cc1. The van der Waals surface area contributed by atoms with Crippen LogP contribution in [0.25, 0.3) is 28.1 Å². The second kappa shape index (κ2) is 7.94. The molecule has 0 bridgehead atoms. The van der Waals surface area contributed by atoms with Crippen molar-refractivity contribution >= 4 is 32.2 Å². The highest BCUT2D eigenvalue weighted by atomic mass is 32.2. The second-order valence-corrected chi connectivity index (χ2v) is 9.49. The van der Waals surface area contributed by atoms with Crippen LogP contribution in [0.4, 0.5) is 11.4 Å². The maximum Gasteiger partial charge on any atom is 0.175 e. The van der Waals surface area contributed by atoms with Gasteiger partial charge in [-0.05, 0) is 66.7 Å². The normalized spacial score (nSPS) is 11.5. The van der Waals surface area contributed by atoms with E-state index >= 15 is 0 Å². The molecule has 6 nitrogen and oxygen atoms in total. The molecular formula is C25H20N4O2S. The monoisotopic (exact) mass is 440 g/mol. The summed E-state index contributed by atoms with van der Waals surface area (Å²) in [6, 6.07) is 26.8. The Hall–Kier alpha value is -3.97. The largest absolute Gasteiger partial charge is 0.356 e. The number of anilines is 2. The van der Waals surface area contributed by atoms with E-state index in [9.17, 15) is 8.42 Å². The lowest BCUT2D eigenvalue weighted by Crippen LogP contribution is -2.00. The summed E-state index contributed by atoms with van der Waals surface area (Å²) in [5.74, 6) is 0.719. The van der Waals surface area contributed by atoms with E-state index in [0.29, 0.717) is 0 Å². The summed E-state index contributed by atoms with van der Waals surface area (Å²) in [7, 11) is -3.26. The molecule has 158 valence electrons. The van der Waals surface area contributed by atoms with Crippen molar-refractivity contribution in [2.24, 2.45) is 0 Å². The Morgan fingerprint density at radius 1 is 0.812 bits per heavy atom. The van der Waals surface area contributed by atoms with Gasteiger partial charge in [-0.3, -0.25) is 9.55 Å². The number of pyridine rings is 1. The third-order valence-electron chi connectivity index (χ3n) is 5.19. The summed E-state index contributed by atoms with van der Waals surface area (Å²) in [4.78, 5) is 9.25. The van der Waals surface area contributed by atoms with Gasteiger partial charge in [0.05, 0.1) is 16.6 Å². The van der Waals surface area contributed by atoms with E-state index in [2.05, 4.69) is 14.9 Å². The number of rotatable bonds is 5. The van der Waals surface area contributed by atoms with Gasteiger partial charge in [-0.15, -0.1) is 0 Å². The minimum atomic E-state index is -3.26. The van der Waals surface area contributed by atoms with Crippen molar-refractivity contribution in [3.8, 4) is 17.1 Å². The first-order valence-corrected chi connectivity index (χ1v) is 11.9. The molecule has 0 saturated heterocycles. The summed E-state index contributed by atoms with van der Waals surface area (Å²) in [5.41, 5.74) is 5.45. The van der Waals surface area contributed by atoms with Crippen LogP contribution in [0.15, 0.2) is 102 Å². The minimum Gasteiger partial charge on any atom is -0.356 e. The zero-order chi connectivity index (χ0) is 22.1. The molecule has 0 radical (unpaired) electrons. The number of imidazole rings is 1.